The van der Waals surface area contributed by atoms with Gasteiger partial charge in [0.05, 0.1) is 0 Å². The molecule has 0 spiro atoms. The van der Waals surface area contributed by atoms with Gasteiger partial charge in [-0.1, -0.05) is 275 Å². The normalized spacial score (nSPS) is 14.5. The van der Waals surface area contributed by atoms with Crippen LogP contribution in [-0.4, -0.2) is 0 Å². The van der Waals surface area contributed by atoms with Crippen LogP contribution in [0.25, 0.3) is 33.4 Å². The molecule has 0 aliphatic heterocycles. The van der Waals surface area contributed by atoms with E-state index in [0.29, 0.717) is 11.8 Å². The molecule has 0 saturated carbocycles. The van der Waals surface area contributed by atoms with Crippen molar-refractivity contribution in [3.63, 3.8) is 0 Å². The number of hydrogen-bond acceptors (Lipinski definition) is 0. The Bertz CT molecular complexity index is 3010. The molecule has 0 heteroatoms. The van der Waals surface area contributed by atoms with Crippen molar-refractivity contribution < 1.29 is 0 Å². The molecule has 6 aromatic carbocycles. The Hall–Kier alpha value is -8.16. The lowest BCUT2D eigenvalue weighted by Crippen LogP contribution is -1.99. The van der Waals surface area contributed by atoms with E-state index in [1.54, 1.807) is 0 Å². The van der Waals surface area contributed by atoms with Crippen LogP contribution in [0.3, 0.4) is 0 Å². The fourth-order valence-electron chi connectivity index (χ4n) is 9.73. The summed E-state index contributed by atoms with van der Waals surface area (Å²) in [5, 5.41) is 0. The smallest absolute Gasteiger partial charge is 0.00867 e. The van der Waals surface area contributed by atoms with E-state index in [0.717, 1.165) is 51.4 Å². The molecule has 77 heavy (non-hydrogen) atoms. The lowest BCUT2D eigenvalue weighted by molar-refractivity contribution is 0.777. The van der Waals surface area contributed by atoms with E-state index in [2.05, 4.69) is 309 Å². The minimum absolute atomic E-state index is 0.413. The van der Waals surface area contributed by atoms with Crippen LogP contribution in [0.1, 0.15) is 137 Å². The highest BCUT2D eigenvalue weighted by Gasteiger charge is 2.13. The first-order valence-electron chi connectivity index (χ1n) is 27.9. The van der Waals surface area contributed by atoms with Gasteiger partial charge in [0.15, 0.2) is 0 Å². The van der Waals surface area contributed by atoms with Crippen molar-refractivity contribution in [1.82, 2.24) is 0 Å². The summed E-state index contributed by atoms with van der Waals surface area (Å²) in [5.74, 6) is 0.935. The molecule has 0 nitrogen and oxygen atoms in total. The van der Waals surface area contributed by atoms with Gasteiger partial charge in [-0.25, -0.2) is 0 Å². The fourth-order valence-corrected chi connectivity index (χ4v) is 9.73. The van der Waals surface area contributed by atoms with Crippen LogP contribution in [0.5, 0.6) is 0 Å². The van der Waals surface area contributed by atoms with Crippen molar-refractivity contribution in [2.75, 3.05) is 0 Å². The lowest BCUT2D eigenvalue weighted by Gasteiger charge is -2.17. The Balaban J connectivity index is 0.000000223. The third kappa shape index (κ3) is 19.2. The Morgan fingerprint density at radius 3 is 1.56 bits per heavy atom. The molecule has 0 fully saturated rings. The molecule has 0 saturated heterocycles. The summed E-state index contributed by atoms with van der Waals surface area (Å²) in [7, 11) is 0. The van der Waals surface area contributed by atoms with Crippen molar-refractivity contribution >= 4 is 11.1 Å². The summed E-state index contributed by atoms with van der Waals surface area (Å²) >= 11 is 0. The number of rotatable bonds is 16. The molecule has 0 heterocycles. The minimum atomic E-state index is 0.413. The van der Waals surface area contributed by atoms with E-state index < -0.39 is 0 Å². The Kier molecular flexibility index (Phi) is 26.7. The van der Waals surface area contributed by atoms with Crippen molar-refractivity contribution in [2.24, 2.45) is 0 Å². The maximum absolute atomic E-state index is 4.00. The average molecular weight is 1010 g/mol. The SMILES string of the molecule is C#C.C#C.C/C=C(\C=C/CC)C1=CCCC=C1.CCC(/C=C\CCC1=CC=C(c2ccccc2)CC=C1)c1ccc(C)cc1.CCC(c1ccc(-c2ccccc2)cc1)c1ccc(-c2ccc(C3=CCCC=C3)cc2)cc1. The van der Waals surface area contributed by atoms with Crippen LogP contribution >= 0.6 is 0 Å². The Morgan fingerprint density at radius 1 is 0.506 bits per heavy atom. The fraction of sp³-hybridized carbons (Fsp3) is 0.221. The molecule has 390 valence electrons. The maximum atomic E-state index is 4.00. The second-order valence-electron chi connectivity index (χ2n) is 19.3. The predicted molar refractivity (Wildman–Crippen MR) is 341 cm³/mol. The van der Waals surface area contributed by atoms with Crippen LogP contribution in [0, 0.1) is 32.6 Å². The van der Waals surface area contributed by atoms with Crippen LogP contribution in [0.2, 0.25) is 0 Å². The van der Waals surface area contributed by atoms with Crippen LogP contribution in [-0.2, 0) is 0 Å². The van der Waals surface area contributed by atoms with E-state index >= 15 is 0 Å². The number of aryl methyl sites for hydroxylation is 1. The molecule has 2 atom stereocenters. The Labute approximate surface area is 466 Å². The van der Waals surface area contributed by atoms with Gasteiger partial charge in [-0.05, 0) is 156 Å². The minimum Gasteiger partial charge on any atom is -0.124 e. The molecule has 6 aromatic rings. The highest BCUT2D eigenvalue weighted by atomic mass is 14.2. The average Bonchev–Trinajstić information content (AvgIpc) is 3.76. The van der Waals surface area contributed by atoms with Crippen LogP contribution in [0.4, 0.5) is 0 Å². The summed E-state index contributed by atoms with van der Waals surface area (Å²) in [6, 6.07) is 57.4. The number of terminal acetylenes is 2. The first-order valence-corrected chi connectivity index (χ1v) is 27.9. The number of benzene rings is 6. The van der Waals surface area contributed by atoms with Crippen LogP contribution < -0.4 is 0 Å². The van der Waals surface area contributed by atoms with E-state index in [4.69, 9.17) is 0 Å². The molecule has 3 aliphatic rings. The van der Waals surface area contributed by atoms with Crippen LogP contribution in [0.15, 0.2) is 266 Å². The van der Waals surface area contributed by atoms with Crippen molar-refractivity contribution in [3.8, 4) is 47.9 Å². The third-order valence-electron chi connectivity index (χ3n) is 14.1. The largest absolute Gasteiger partial charge is 0.124 e. The summed E-state index contributed by atoms with van der Waals surface area (Å²) in [5.41, 5.74) is 20.1. The van der Waals surface area contributed by atoms with Gasteiger partial charge in [-0.2, -0.15) is 0 Å². The van der Waals surface area contributed by atoms with Gasteiger partial charge < -0.3 is 0 Å². The first-order chi connectivity index (χ1) is 38.0. The molecule has 0 aromatic heterocycles. The zero-order chi connectivity index (χ0) is 54.9. The van der Waals surface area contributed by atoms with E-state index in [1.165, 1.54) is 96.3 Å². The van der Waals surface area contributed by atoms with Gasteiger partial charge in [-0.15, -0.1) is 25.7 Å². The number of allylic oxidation sites excluding steroid dienone is 20. The molecule has 0 bridgehead atoms. The lowest BCUT2D eigenvalue weighted by atomic mass is 9.87. The number of hydrogen-bond donors (Lipinski definition) is 0. The van der Waals surface area contributed by atoms with Gasteiger partial charge in [0.2, 0.25) is 0 Å². The summed E-state index contributed by atoms with van der Waals surface area (Å²) in [6.07, 6.45) is 61.3. The van der Waals surface area contributed by atoms with Gasteiger partial charge in [0.1, 0.15) is 0 Å². The van der Waals surface area contributed by atoms with E-state index in [1.807, 2.05) is 0 Å². The highest BCUT2D eigenvalue weighted by Crippen LogP contribution is 2.33. The summed E-state index contributed by atoms with van der Waals surface area (Å²) in [6.45, 7) is 10.9. The second-order valence-corrected chi connectivity index (χ2v) is 19.3. The second kappa shape index (κ2) is 34.4. The molecule has 0 radical (unpaired) electrons. The predicted octanol–water partition coefficient (Wildman–Crippen LogP) is 21.8. The topological polar surface area (TPSA) is 0 Å². The standard InChI is InChI=1S/C33H30.C27H30.C13H18.2C2H2/c1-2-33(31-21-17-28(18-22-31)26-11-7-4-8-12-26)32-23-19-30(20-24-32)29-15-13-27(14-16-29)25-9-5-3-6-10-25;1-3-24(27-19-16-22(2)17-20-27)12-8-7-10-23-11-9-15-26(21-18-23)25-13-5-4-6-14-25;1-3-5-9-12(4-2)13-10-7-6-8-11-13;2*1-2/h4-5,7-24,33H,2-3,6H2,1H3;4-6,8-9,11-14,16-21,24H,3,7,10,15H2,1-2H3;4-5,7,9-11H,3,6,8H2,1-2H3;2*1-2H/b;12-8-;9-5-,12-4+;;. The molecule has 2 unspecified atom stereocenters. The molecule has 0 amide bonds. The van der Waals surface area contributed by atoms with Gasteiger partial charge >= 0.3 is 0 Å². The van der Waals surface area contributed by atoms with Crippen molar-refractivity contribution in [3.05, 3.63) is 299 Å². The van der Waals surface area contributed by atoms with Crippen molar-refractivity contribution in [2.45, 2.75) is 111 Å². The molecular weight excluding hydrogens is 925 g/mol. The van der Waals surface area contributed by atoms with E-state index in [9.17, 15) is 0 Å². The highest BCUT2D eigenvalue weighted by molar-refractivity contribution is 5.77. The van der Waals surface area contributed by atoms with Gasteiger partial charge in [0, 0.05) is 11.8 Å². The quantitative estimate of drug-likeness (QED) is 0.0515. The third-order valence-corrected chi connectivity index (χ3v) is 14.1. The molecular formula is C77H82. The molecule has 0 N–H and O–H groups in total. The zero-order valence-electron chi connectivity index (χ0n) is 46.7. The zero-order valence-corrected chi connectivity index (χ0v) is 46.7. The van der Waals surface area contributed by atoms with Crippen molar-refractivity contribution in [1.29, 1.82) is 0 Å². The van der Waals surface area contributed by atoms with E-state index in [-0.39, 0.29) is 0 Å². The maximum Gasteiger partial charge on any atom is 0.00867 e. The molecule has 3 aliphatic carbocycles. The summed E-state index contributed by atoms with van der Waals surface area (Å²) in [4.78, 5) is 0. The monoisotopic (exact) mass is 1010 g/mol. The summed E-state index contributed by atoms with van der Waals surface area (Å²) < 4.78 is 0. The first kappa shape index (κ1) is 59.7. The van der Waals surface area contributed by atoms with Gasteiger partial charge in [-0.3, -0.25) is 0 Å². The van der Waals surface area contributed by atoms with Gasteiger partial charge in [0.25, 0.3) is 0 Å². The molecule has 9 rings (SSSR count). The Morgan fingerprint density at radius 2 is 1.04 bits per heavy atom.